The first-order valence-corrected chi connectivity index (χ1v) is 7.84. The number of H-pyrrole nitrogens is 1. The van der Waals surface area contributed by atoms with Crippen LogP contribution in [0.15, 0.2) is 47.3 Å². The predicted molar refractivity (Wildman–Crippen MR) is 94.3 cm³/mol. The van der Waals surface area contributed by atoms with Gasteiger partial charge in [-0.2, -0.15) is 0 Å². The summed E-state index contributed by atoms with van der Waals surface area (Å²) < 4.78 is 0. The molecule has 3 aromatic rings. The Morgan fingerprint density at radius 2 is 1.67 bits per heavy atom. The minimum Gasteiger partial charge on any atom is -0.361 e. The van der Waals surface area contributed by atoms with Gasteiger partial charge in [-0.25, -0.2) is 0 Å². The lowest BCUT2D eigenvalue weighted by molar-refractivity contribution is 0.0935. The quantitative estimate of drug-likeness (QED) is 0.645. The smallest absolute Gasteiger partial charge is 0.255 e. The number of benzene rings is 2. The van der Waals surface area contributed by atoms with E-state index in [-0.39, 0.29) is 11.5 Å². The second-order valence-electron chi connectivity index (χ2n) is 6.14. The van der Waals surface area contributed by atoms with Crippen molar-refractivity contribution in [1.82, 2.24) is 10.3 Å². The molecule has 0 fully saturated rings. The van der Waals surface area contributed by atoms with Crippen LogP contribution in [0, 0.1) is 13.8 Å². The summed E-state index contributed by atoms with van der Waals surface area (Å²) in [5.41, 5.74) is 4.55. The van der Waals surface area contributed by atoms with Gasteiger partial charge >= 0.3 is 0 Å². The fourth-order valence-corrected chi connectivity index (χ4v) is 3.17. The molecule has 1 unspecified atom stereocenters. The zero-order valence-electron chi connectivity index (χ0n) is 13.4. The van der Waals surface area contributed by atoms with Gasteiger partial charge in [-0.05, 0) is 43.2 Å². The van der Waals surface area contributed by atoms with Crippen molar-refractivity contribution in [3.8, 4) is 0 Å². The molecule has 0 spiro atoms. The van der Waals surface area contributed by atoms with Crippen molar-refractivity contribution in [2.75, 3.05) is 5.32 Å². The third kappa shape index (κ3) is 2.17. The Morgan fingerprint density at radius 1 is 0.917 bits per heavy atom. The molecule has 0 aliphatic carbocycles. The first-order chi connectivity index (χ1) is 11.5. The molecule has 4 rings (SSSR count). The summed E-state index contributed by atoms with van der Waals surface area (Å²) in [6.45, 7) is 3.97. The maximum Gasteiger partial charge on any atom is 0.255 e. The van der Waals surface area contributed by atoms with E-state index in [4.69, 9.17) is 0 Å². The minimum atomic E-state index is -0.555. The van der Waals surface area contributed by atoms with Gasteiger partial charge in [0.2, 0.25) is 0 Å². The molecule has 1 amide bonds. The van der Waals surface area contributed by atoms with Crippen LogP contribution in [0.3, 0.4) is 0 Å². The molecule has 0 radical (unpaired) electrons. The van der Waals surface area contributed by atoms with E-state index in [0.29, 0.717) is 11.1 Å². The molecule has 5 heteroatoms. The number of amides is 1. The summed E-state index contributed by atoms with van der Waals surface area (Å²) >= 11 is 0. The molecule has 2 heterocycles. The molecule has 1 aromatic heterocycles. The molecule has 1 aliphatic rings. The van der Waals surface area contributed by atoms with Gasteiger partial charge < -0.3 is 15.6 Å². The number of rotatable bonds is 1. The number of para-hydroxylation sites is 1. The molecule has 0 saturated heterocycles. The Bertz CT molecular complexity index is 1040. The zero-order valence-corrected chi connectivity index (χ0v) is 13.4. The number of carbonyl (C=O) groups is 1. The second kappa shape index (κ2) is 5.23. The molecule has 3 N–H and O–H groups in total. The second-order valence-corrected chi connectivity index (χ2v) is 6.14. The highest BCUT2D eigenvalue weighted by atomic mass is 16.2. The van der Waals surface area contributed by atoms with Crippen molar-refractivity contribution in [3.05, 3.63) is 75.1 Å². The van der Waals surface area contributed by atoms with E-state index >= 15 is 0 Å². The van der Waals surface area contributed by atoms with Gasteiger partial charge in [-0.15, -0.1) is 0 Å². The van der Waals surface area contributed by atoms with Crippen LogP contribution in [0.2, 0.25) is 0 Å². The average molecular weight is 319 g/mol. The number of fused-ring (bicyclic) bond motifs is 2. The van der Waals surface area contributed by atoms with Gasteiger partial charge in [0.15, 0.2) is 0 Å². The van der Waals surface area contributed by atoms with Gasteiger partial charge in [0.25, 0.3) is 11.5 Å². The average Bonchev–Trinajstić information content (AvgIpc) is 2.58. The normalized spacial score (nSPS) is 16.4. The van der Waals surface area contributed by atoms with Gasteiger partial charge in [0, 0.05) is 11.1 Å². The van der Waals surface area contributed by atoms with Crippen LogP contribution >= 0.6 is 0 Å². The lowest BCUT2D eigenvalue weighted by Gasteiger charge is -2.27. The molecule has 5 nitrogen and oxygen atoms in total. The SMILES string of the molecule is Cc1ccc(C)c2[nH]c(=O)c(C3NC(=O)c4ccccc4N3)cc12. The minimum absolute atomic E-state index is 0.185. The predicted octanol–water partition coefficient (Wildman–Crippen LogP) is 3.00. The van der Waals surface area contributed by atoms with Crippen LogP contribution < -0.4 is 16.2 Å². The number of anilines is 1. The van der Waals surface area contributed by atoms with Gasteiger partial charge in [-0.3, -0.25) is 9.59 Å². The van der Waals surface area contributed by atoms with E-state index in [1.54, 1.807) is 6.07 Å². The zero-order chi connectivity index (χ0) is 16.8. The van der Waals surface area contributed by atoms with Crippen LogP contribution in [0.25, 0.3) is 10.9 Å². The summed E-state index contributed by atoms with van der Waals surface area (Å²) in [7, 11) is 0. The van der Waals surface area contributed by atoms with Crippen molar-refractivity contribution in [3.63, 3.8) is 0 Å². The van der Waals surface area contributed by atoms with E-state index in [0.717, 1.165) is 27.7 Å². The van der Waals surface area contributed by atoms with Crippen LogP contribution in [0.1, 0.15) is 33.2 Å². The van der Waals surface area contributed by atoms with Crippen molar-refractivity contribution in [1.29, 1.82) is 0 Å². The van der Waals surface area contributed by atoms with Crippen LogP contribution in [-0.4, -0.2) is 10.9 Å². The van der Waals surface area contributed by atoms with E-state index in [1.807, 2.05) is 50.2 Å². The number of hydrogen-bond acceptors (Lipinski definition) is 3. The molecule has 0 bridgehead atoms. The summed E-state index contributed by atoms with van der Waals surface area (Å²) in [5, 5.41) is 7.08. The van der Waals surface area contributed by atoms with Crippen LogP contribution in [-0.2, 0) is 0 Å². The molecule has 24 heavy (non-hydrogen) atoms. The number of carbonyl (C=O) groups excluding carboxylic acids is 1. The highest BCUT2D eigenvalue weighted by molar-refractivity contribution is 6.01. The van der Waals surface area contributed by atoms with Gasteiger partial charge in [0.05, 0.1) is 16.6 Å². The summed E-state index contributed by atoms with van der Waals surface area (Å²) in [5.74, 6) is -0.185. The summed E-state index contributed by atoms with van der Waals surface area (Å²) in [6.07, 6.45) is -0.555. The molecular weight excluding hydrogens is 302 g/mol. The topological polar surface area (TPSA) is 74.0 Å². The highest BCUT2D eigenvalue weighted by Gasteiger charge is 2.26. The highest BCUT2D eigenvalue weighted by Crippen LogP contribution is 2.27. The van der Waals surface area contributed by atoms with E-state index in [1.165, 1.54) is 0 Å². The number of pyridine rings is 1. The van der Waals surface area contributed by atoms with Crippen molar-refractivity contribution in [2.45, 2.75) is 20.0 Å². The number of hydrogen-bond donors (Lipinski definition) is 3. The van der Waals surface area contributed by atoms with Gasteiger partial charge in [-0.1, -0.05) is 24.3 Å². The van der Waals surface area contributed by atoms with E-state index in [9.17, 15) is 9.59 Å². The first-order valence-electron chi connectivity index (χ1n) is 7.84. The van der Waals surface area contributed by atoms with E-state index < -0.39 is 6.17 Å². The number of aryl methyl sites for hydroxylation is 2. The lowest BCUT2D eigenvalue weighted by atomic mass is 10.0. The fraction of sp³-hybridized carbons (Fsp3) is 0.158. The summed E-state index contributed by atoms with van der Waals surface area (Å²) in [4.78, 5) is 27.8. The number of nitrogens with one attached hydrogen (secondary N) is 3. The standard InChI is InChI=1S/C19H17N3O2/c1-10-7-8-11(2)16-13(10)9-14(19(24)21-16)17-20-15-6-4-3-5-12(15)18(23)22-17/h3-9,17,20H,1-2H3,(H,21,24)(H,22,23). The van der Waals surface area contributed by atoms with Gasteiger partial charge in [0.1, 0.15) is 6.17 Å². The first kappa shape index (κ1) is 14.5. The van der Waals surface area contributed by atoms with Crippen molar-refractivity contribution < 1.29 is 4.79 Å². The Balaban J connectivity index is 1.86. The third-order valence-corrected chi connectivity index (χ3v) is 4.53. The van der Waals surface area contributed by atoms with Crippen LogP contribution in [0.5, 0.6) is 0 Å². The Kier molecular flexibility index (Phi) is 3.16. The molecule has 120 valence electrons. The maximum absolute atomic E-state index is 12.6. The summed E-state index contributed by atoms with van der Waals surface area (Å²) in [6, 6.07) is 13.2. The monoisotopic (exact) mass is 319 g/mol. The maximum atomic E-state index is 12.6. The molecule has 0 saturated carbocycles. The molecular formula is C19H17N3O2. The Labute approximate surface area is 138 Å². The Hall–Kier alpha value is -3.08. The molecule has 2 aromatic carbocycles. The largest absolute Gasteiger partial charge is 0.361 e. The Morgan fingerprint density at radius 3 is 2.50 bits per heavy atom. The molecule has 1 aliphatic heterocycles. The van der Waals surface area contributed by atoms with Crippen molar-refractivity contribution in [2.24, 2.45) is 0 Å². The lowest BCUT2D eigenvalue weighted by Crippen LogP contribution is -2.41. The number of aromatic amines is 1. The van der Waals surface area contributed by atoms with Crippen molar-refractivity contribution >= 4 is 22.5 Å². The fourth-order valence-electron chi connectivity index (χ4n) is 3.17. The number of aromatic nitrogens is 1. The third-order valence-electron chi connectivity index (χ3n) is 4.53. The van der Waals surface area contributed by atoms with Crippen LogP contribution in [0.4, 0.5) is 5.69 Å². The van der Waals surface area contributed by atoms with E-state index in [2.05, 4.69) is 15.6 Å². The molecule has 1 atom stereocenters.